The van der Waals surface area contributed by atoms with Gasteiger partial charge in [-0.2, -0.15) is 0 Å². The zero-order valence-corrected chi connectivity index (χ0v) is 13.4. The minimum Gasteiger partial charge on any atom is -0.331 e. The summed E-state index contributed by atoms with van der Waals surface area (Å²) in [6, 6.07) is 7.26. The van der Waals surface area contributed by atoms with E-state index in [2.05, 4.69) is 10.6 Å². The second-order valence-electron chi connectivity index (χ2n) is 5.06. The first-order valence-electron chi connectivity index (χ1n) is 6.82. The van der Waals surface area contributed by atoms with Gasteiger partial charge in [-0.15, -0.1) is 0 Å². The number of nitrogens with one attached hydrogen (secondary N) is 2. The molecule has 2 aromatic rings. The highest BCUT2D eigenvalue weighted by molar-refractivity contribution is 7.89. The lowest BCUT2D eigenvalue weighted by Gasteiger charge is -2.15. The molecular formula is C15H15F2N3O3S. The molecule has 0 saturated heterocycles. The van der Waals surface area contributed by atoms with Crippen LogP contribution in [0.15, 0.2) is 47.4 Å². The van der Waals surface area contributed by atoms with Crippen LogP contribution in [0.25, 0.3) is 0 Å². The predicted molar refractivity (Wildman–Crippen MR) is 84.7 cm³/mol. The molecule has 2 rings (SSSR count). The molecule has 0 fully saturated rings. The minimum atomic E-state index is -3.79. The third kappa shape index (κ3) is 4.49. The van der Waals surface area contributed by atoms with Gasteiger partial charge in [-0.25, -0.2) is 27.1 Å². The Labute approximate surface area is 137 Å². The van der Waals surface area contributed by atoms with E-state index < -0.39 is 33.7 Å². The highest BCUT2D eigenvalue weighted by Gasteiger charge is 2.13. The Morgan fingerprint density at radius 2 is 1.75 bits per heavy atom. The van der Waals surface area contributed by atoms with Crippen LogP contribution in [0.2, 0.25) is 0 Å². The number of halogens is 2. The number of benzene rings is 2. The number of hydrogen-bond acceptors (Lipinski definition) is 3. The number of primary sulfonamides is 1. The summed E-state index contributed by atoms with van der Waals surface area (Å²) in [5.41, 5.74) is 0.461. The molecule has 4 N–H and O–H groups in total. The van der Waals surface area contributed by atoms with Crippen LogP contribution in [0.1, 0.15) is 18.5 Å². The summed E-state index contributed by atoms with van der Waals surface area (Å²) in [5, 5.41) is 9.82. The third-order valence-corrected chi connectivity index (χ3v) is 4.16. The Morgan fingerprint density at radius 1 is 1.12 bits per heavy atom. The average molecular weight is 355 g/mol. The Morgan fingerprint density at radius 3 is 2.29 bits per heavy atom. The smallest absolute Gasteiger partial charge is 0.319 e. The molecule has 0 aromatic heterocycles. The first kappa shape index (κ1) is 17.8. The molecule has 1 atom stereocenters. The summed E-state index contributed by atoms with van der Waals surface area (Å²) < 4.78 is 48.7. The van der Waals surface area contributed by atoms with Gasteiger partial charge in [0, 0.05) is 6.07 Å². The molecule has 24 heavy (non-hydrogen) atoms. The standard InChI is InChI=1S/C15H15F2N3O3S/c1-9(10-2-5-12(6-3-10)24(18,22)23)19-15(21)20-14-7-4-11(16)8-13(14)17/h2-9H,1H3,(H2,18,22,23)(H2,19,20,21). The Balaban J connectivity index is 2.03. The largest absolute Gasteiger partial charge is 0.331 e. The zero-order valence-electron chi connectivity index (χ0n) is 12.6. The van der Waals surface area contributed by atoms with E-state index in [1.54, 1.807) is 6.92 Å². The number of amides is 2. The molecular weight excluding hydrogens is 340 g/mol. The van der Waals surface area contributed by atoms with Crippen LogP contribution >= 0.6 is 0 Å². The van der Waals surface area contributed by atoms with E-state index in [0.29, 0.717) is 11.6 Å². The molecule has 0 spiro atoms. The maximum absolute atomic E-state index is 13.5. The minimum absolute atomic E-state index is 0.0451. The zero-order chi connectivity index (χ0) is 17.9. The number of carbonyl (C=O) groups is 1. The van der Waals surface area contributed by atoms with E-state index in [1.165, 1.54) is 24.3 Å². The van der Waals surface area contributed by atoms with Gasteiger partial charge in [0.25, 0.3) is 0 Å². The van der Waals surface area contributed by atoms with Gasteiger partial charge in [0.05, 0.1) is 16.6 Å². The number of carbonyl (C=O) groups excluding carboxylic acids is 1. The predicted octanol–water partition coefficient (Wildman–Crippen LogP) is 2.49. The molecule has 0 saturated carbocycles. The topological polar surface area (TPSA) is 101 Å². The van der Waals surface area contributed by atoms with Crippen LogP contribution in [0.3, 0.4) is 0 Å². The van der Waals surface area contributed by atoms with E-state index in [1.807, 2.05) is 0 Å². The second-order valence-corrected chi connectivity index (χ2v) is 6.62. The van der Waals surface area contributed by atoms with Gasteiger partial charge in [0.1, 0.15) is 11.6 Å². The number of rotatable bonds is 4. The Bertz CT molecular complexity index is 855. The molecule has 6 nitrogen and oxygen atoms in total. The Kier molecular flexibility index (Phi) is 5.15. The van der Waals surface area contributed by atoms with Crippen molar-refractivity contribution in [2.24, 2.45) is 5.14 Å². The van der Waals surface area contributed by atoms with Gasteiger partial charge in [-0.3, -0.25) is 0 Å². The third-order valence-electron chi connectivity index (χ3n) is 3.24. The summed E-state index contributed by atoms with van der Waals surface area (Å²) in [6.45, 7) is 1.66. The van der Waals surface area contributed by atoms with Crippen LogP contribution in [0, 0.1) is 11.6 Å². The van der Waals surface area contributed by atoms with E-state index >= 15 is 0 Å². The summed E-state index contributed by atoms with van der Waals surface area (Å²) in [5.74, 6) is -1.64. The van der Waals surface area contributed by atoms with Crippen molar-refractivity contribution in [3.63, 3.8) is 0 Å². The highest BCUT2D eigenvalue weighted by Crippen LogP contribution is 2.17. The monoisotopic (exact) mass is 355 g/mol. The van der Waals surface area contributed by atoms with Gasteiger partial charge in [-0.05, 0) is 36.8 Å². The normalized spacial score (nSPS) is 12.5. The fourth-order valence-corrected chi connectivity index (χ4v) is 2.49. The van der Waals surface area contributed by atoms with E-state index in [4.69, 9.17) is 5.14 Å². The lowest BCUT2D eigenvalue weighted by molar-refractivity contribution is 0.249. The maximum Gasteiger partial charge on any atom is 0.319 e. The molecule has 2 aromatic carbocycles. The molecule has 0 bridgehead atoms. The fourth-order valence-electron chi connectivity index (χ4n) is 1.98. The van der Waals surface area contributed by atoms with Gasteiger partial charge in [-0.1, -0.05) is 12.1 Å². The quantitative estimate of drug-likeness (QED) is 0.785. The van der Waals surface area contributed by atoms with Crippen molar-refractivity contribution < 1.29 is 22.0 Å². The number of nitrogens with two attached hydrogens (primary N) is 1. The summed E-state index contributed by atoms with van der Waals surface area (Å²) in [6.07, 6.45) is 0. The maximum atomic E-state index is 13.5. The second kappa shape index (κ2) is 6.93. The molecule has 0 radical (unpaired) electrons. The van der Waals surface area contributed by atoms with Crippen LogP contribution in [-0.2, 0) is 10.0 Å². The lowest BCUT2D eigenvalue weighted by atomic mass is 10.1. The Hall–Kier alpha value is -2.52. The van der Waals surface area contributed by atoms with Gasteiger partial charge >= 0.3 is 6.03 Å². The SMILES string of the molecule is CC(NC(=O)Nc1ccc(F)cc1F)c1ccc(S(N)(=O)=O)cc1. The summed E-state index contributed by atoms with van der Waals surface area (Å²) in [4.78, 5) is 11.8. The number of hydrogen-bond donors (Lipinski definition) is 3. The summed E-state index contributed by atoms with van der Waals surface area (Å²) in [7, 11) is -3.79. The molecule has 0 aliphatic carbocycles. The van der Waals surface area contributed by atoms with Crippen molar-refractivity contribution in [1.82, 2.24) is 5.32 Å². The van der Waals surface area contributed by atoms with Crippen molar-refractivity contribution in [2.75, 3.05) is 5.32 Å². The number of anilines is 1. The highest BCUT2D eigenvalue weighted by atomic mass is 32.2. The van der Waals surface area contributed by atoms with E-state index in [9.17, 15) is 22.0 Å². The van der Waals surface area contributed by atoms with Crippen molar-refractivity contribution in [2.45, 2.75) is 17.9 Å². The molecule has 9 heteroatoms. The van der Waals surface area contributed by atoms with Crippen molar-refractivity contribution in [3.8, 4) is 0 Å². The van der Waals surface area contributed by atoms with Gasteiger partial charge < -0.3 is 10.6 Å². The average Bonchev–Trinajstić information content (AvgIpc) is 2.49. The molecule has 2 amide bonds. The first-order chi connectivity index (χ1) is 11.2. The molecule has 0 heterocycles. The van der Waals surface area contributed by atoms with Crippen molar-refractivity contribution in [1.29, 1.82) is 0 Å². The van der Waals surface area contributed by atoms with Crippen LogP contribution in [0.5, 0.6) is 0 Å². The molecule has 0 aliphatic rings. The number of sulfonamides is 1. The van der Waals surface area contributed by atoms with Crippen molar-refractivity contribution in [3.05, 3.63) is 59.7 Å². The van der Waals surface area contributed by atoms with E-state index in [0.717, 1.165) is 12.1 Å². The van der Waals surface area contributed by atoms with Crippen LogP contribution in [0.4, 0.5) is 19.3 Å². The lowest BCUT2D eigenvalue weighted by Crippen LogP contribution is -2.31. The van der Waals surface area contributed by atoms with Gasteiger partial charge in [0.15, 0.2) is 0 Å². The van der Waals surface area contributed by atoms with Crippen molar-refractivity contribution >= 4 is 21.7 Å². The summed E-state index contributed by atoms with van der Waals surface area (Å²) >= 11 is 0. The van der Waals surface area contributed by atoms with Crippen LogP contribution in [-0.4, -0.2) is 14.4 Å². The van der Waals surface area contributed by atoms with Crippen LogP contribution < -0.4 is 15.8 Å². The molecule has 128 valence electrons. The molecule has 0 aliphatic heterocycles. The number of urea groups is 1. The van der Waals surface area contributed by atoms with Gasteiger partial charge in [0.2, 0.25) is 10.0 Å². The van der Waals surface area contributed by atoms with E-state index in [-0.39, 0.29) is 10.6 Å². The molecule has 1 unspecified atom stereocenters. The first-order valence-corrected chi connectivity index (χ1v) is 8.37. The fraction of sp³-hybridized carbons (Fsp3) is 0.133.